The van der Waals surface area contributed by atoms with Crippen molar-refractivity contribution in [1.82, 2.24) is 4.57 Å². The highest BCUT2D eigenvalue weighted by Gasteiger charge is 2.33. The monoisotopic (exact) mass is 492 g/mol. The Bertz CT molecular complexity index is 1430. The Hall–Kier alpha value is -3.65. The fraction of sp³-hybridized carbons (Fsp3) is 0.296. The van der Waals surface area contributed by atoms with E-state index in [-0.39, 0.29) is 11.7 Å². The summed E-state index contributed by atoms with van der Waals surface area (Å²) >= 11 is 1.29. The van der Waals surface area contributed by atoms with Gasteiger partial charge in [0.25, 0.3) is 5.56 Å². The van der Waals surface area contributed by atoms with Gasteiger partial charge in [-0.15, -0.1) is 0 Å². The number of hydrogen-bond acceptors (Lipinski definition) is 7. The fourth-order valence-electron chi connectivity index (χ4n) is 3.94. The number of hydrogen-bond donors (Lipinski definition) is 0. The highest BCUT2D eigenvalue weighted by atomic mass is 32.1. The van der Waals surface area contributed by atoms with Crippen LogP contribution in [0.25, 0.3) is 6.08 Å². The molecular formula is C27H28N2O5S. The maximum atomic E-state index is 13.6. The molecule has 2 aromatic carbocycles. The summed E-state index contributed by atoms with van der Waals surface area (Å²) in [5.41, 5.74) is 2.31. The predicted octanol–water partition coefficient (Wildman–Crippen LogP) is 3.59. The van der Waals surface area contributed by atoms with Gasteiger partial charge in [0.05, 0.1) is 41.7 Å². The Morgan fingerprint density at radius 1 is 1.11 bits per heavy atom. The van der Waals surface area contributed by atoms with E-state index in [1.54, 1.807) is 32.4 Å². The summed E-state index contributed by atoms with van der Waals surface area (Å²) in [4.78, 5) is 31.9. The van der Waals surface area contributed by atoms with Crippen LogP contribution in [0.15, 0.2) is 69.6 Å². The Balaban J connectivity index is 1.87. The van der Waals surface area contributed by atoms with Crippen LogP contribution in [-0.4, -0.2) is 30.4 Å². The van der Waals surface area contributed by atoms with Gasteiger partial charge >= 0.3 is 5.97 Å². The average molecular weight is 493 g/mol. The van der Waals surface area contributed by atoms with Gasteiger partial charge in [-0.05, 0) is 69.2 Å². The normalized spacial score (nSPS) is 15.6. The summed E-state index contributed by atoms with van der Waals surface area (Å²) in [5.74, 6) is 0.973. The van der Waals surface area contributed by atoms with Gasteiger partial charge < -0.3 is 14.2 Å². The molecule has 0 fully saturated rings. The molecule has 0 saturated heterocycles. The Morgan fingerprint density at radius 3 is 2.37 bits per heavy atom. The topological polar surface area (TPSA) is 79.1 Å². The van der Waals surface area contributed by atoms with Crippen molar-refractivity contribution in [1.29, 1.82) is 0 Å². The number of fused-ring (bicyclic) bond motifs is 1. The molecule has 2 heterocycles. The first-order valence-electron chi connectivity index (χ1n) is 11.4. The average Bonchev–Trinajstić information content (AvgIpc) is 3.13. The standard InChI is InChI=1S/C27H28N2O5S/c1-6-33-21-11-7-18(8-12-21)15-22-25(30)29-24(19-9-13-20(32-5)14-10-19)23(26(31)34-16(2)3)17(4)28-27(29)35-22/h7-16,24H,6H2,1-5H3/b22-15-. The minimum Gasteiger partial charge on any atom is -0.497 e. The van der Waals surface area contributed by atoms with E-state index < -0.39 is 12.0 Å². The van der Waals surface area contributed by atoms with Gasteiger partial charge in [0.15, 0.2) is 4.80 Å². The number of aromatic nitrogens is 1. The summed E-state index contributed by atoms with van der Waals surface area (Å²) in [7, 11) is 1.59. The second-order valence-electron chi connectivity index (χ2n) is 8.31. The highest BCUT2D eigenvalue weighted by Crippen LogP contribution is 2.31. The van der Waals surface area contributed by atoms with Crippen LogP contribution in [0, 0.1) is 0 Å². The van der Waals surface area contributed by atoms with Crippen LogP contribution in [-0.2, 0) is 9.53 Å². The van der Waals surface area contributed by atoms with E-state index in [1.807, 2.05) is 61.5 Å². The number of esters is 1. The second kappa shape index (κ2) is 10.3. The number of ether oxygens (including phenoxy) is 3. The van der Waals surface area contributed by atoms with Gasteiger partial charge in [0, 0.05) is 0 Å². The molecule has 1 aliphatic rings. The van der Waals surface area contributed by atoms with Crippen molar-refractivity contribution in [3.05, 3.63) is 90.6 Å². The van der Waals surface area contributed by atoms with Crippen LogP contribution in [0.5, 0.6) is 11.5 Å². The third-order valence-corrected chi connectivity index (χ3v) is 6.49. The second-order valence-corrected chi connectivity index (χ2v) is 9.32. The fourth-order valence-corrected chi connectivity index (χ4v) is 4.99. The minimum atomic E-state index is -0.661. The van der Waals surface area contributed by atoms with Gasteiger partial charge in [0.1, 0.15) is 11.5 Å². The van der Waals surface area contributed by atoms with E-state index in [0.29, 0.717) is 33.0 Å². The van der Waals surface area contributed by atoms with Crippen molar-refractivity contribution < 1.29 is 19.0 Å². The van der Waals surface area contributed by atoms with Crippen molar-refractivity contribution in [3.8, 4) is 11.5 Å². The van der Waals surface area contributed by atoms with Crippen LogP contribution < -0.4 is 24.4 Å². The molecule has 0 saturated carbocycles. The maximum Gasteiger partial charge on any atom is 0.338 e. The number of methoxy groups -OCH3 is 1. The molecule has 0 bridgehead atoms. The lowest BCUT2D eigenvalue weighted by Gasteiger charge is -2.25. The molecule has 0 radical (unpaired) electrons. The number of benzene rings is 2. The number of thiazole rings is 1. The van der Waals surface area contributed by atoms with Crippen molar-refractivity contribution in [3.63, 3.8) is 0 Å². The zero-order valence-corrected chi connectivity index (χ0v) is 21.2. The smallest absolute Gasteiger partial charge is 0.338 e. The van der Waals surface area contributed by atoms with Crippen molar-refractivity contribution in [2.45, 2.75) is 39.8 Å². The van der Waals surface area contributed by atoms with Gasteiger partial charge in [-0.2, -0.15) is 0 Å². The van der Waals surface area contributed by atoms with Crippen LogP contribution in [0.3, 0.4) is 0 Å². The summed E-state index contributed by atoms with van der Waals surface area (Å²) in [6, 6.07) is 14.2. The largest absolute Gasteiger partial charge is 0.497 e. The van der Waals surface area contributed by atoms with Crippen LogP contribution in [0.2, 0.25) is 0 Å². The van der Waals surface area contributed by atoms with Crippen molar-refractivity contribution in [2.24, 2.45) is 4.99 Å². The number of rotatable bonds is 7. The third-order valence-electron chi connectivity index (χ3n) is 5.50. The van der Waals surface area contributed by atoms with Crippen molar-refractivity contribution in [2.75, 3.05) is 13.7 Å². The lowest BCUT2D eigenvalue weighted by molar-refractivity contribution is -0.143. The predicted molar refractivity (Wildman–Crippen MR) is 136 cm³/mol. The quantitative estimate of drug-likeness (QED) is 0.471. The first-order valence-corrected chi connectivity index (χ1v) is 12.2. The van der Waals surface area contributed by atoms with Crippen LogP contribution in [0.4, 0.5) is 0 Å². The van der Waals surface area contributed by atoms with Gasteiger partial charge in [-0.25, -0.2) is 9.79 Å². The Labute approximate surface area is 207 Å². The molecule has 35 heavy (non-hydrogen) atoms. The zero-order valence-electron chi connectivity index (χ0n) is 20.4. The molecule has 182 valence electrons. The van der Waals surface area contributed by atoms with Gasteiger partial charge in [-0.3, -0.25) is 9.36 Å². The third kappa shape index (κ3) is 5.07. The summed E-state index contributed by atoms with van der Waals surface area (Å²) in [6.45, 7) is 7.88. The zero-order chi connectivity index (χ0) is 25.1. The molecule has 7 nitrogen and oxygen atoms in total. The lowest BCUT2D eigenvalue weighted by atomic mass is 9.96. The molecule has 0 spiro atoms. The molecular weight excluding hydrogens is 464 g/mol. The first-order chi connectivity index (χ1) is 16.8. The SMILES string of the molecule is CCOc1ccc(/C=c2\sc3n(c2=O)C(c2ccc(OC)cc2)C(C(=O)OC(C)C)=C(C)N=3)cc1. The molecule has 0 aliphatic carbocycles. The molecule has 3 aromatic rings. The number of allylic oxidation sites excluding steroid dienone is 1. The molecule has 1 aromatic heterocycles. The van der Waals surface area contributed by atoms with E-state index in [2.05, 4.69) is 4.99 Å². The van der Waals surface area contributed by atoms with Gasteiger partial charge in [-0.1, -0.05) is 35.6 Å². The Morgan fingerprint density at radius 2 is 1.77 bits per heavy atom. The van der Waals surface area contributed by atoms with E-state index in [4.69, 9.17) is 14.2 Å². The molecule has 1 aliphatic heterocycles. The Kier molecular flexibility index (Phi) is 7.21. The van der Waals surface area contributed by atoms with E-state index in [9.17, 15) is 9.59 Å². The van der Waals surface area contributed by atoms with Crippen molar-refractivity contribution >= 4 is 23.4 Å². The first kappa shape index (κ1) is 24.5. The maximum absolute atomic E-state index is 13.6. The number of carbonyl (C=O) groups is 1. The molecule has 0 amide bonds. The van der Waals surface area contributed by atoms with E-state index in [0.717, 1.165) is 16.9 Å². The summed E-state index contributed by atoms with van der Waals surface area (Å²) in [6.07, 6.45) is 1.53. The van der Waals surface area contributed by atoms with E-state index in [1.165, 1.54) is 11.3 Å². The van der Waals surface area contributed by atoms with Crippen LogP contribution in [0.1, 0.15) is 44.9 Å². The molecule has 0 N–H and O–H groups in total. The summed E-state index contributed by atoms with van der Waals surface area (Å²) in [5, 5.41) is 0. The lowest BCUT2D eigenvalue weighted by Crippen LogP contribution is -2.40. The molecule has 1 atom stereocenters. The molecule has 1 unspecified atom stereocenters. The number of nitrogens with zero attached hydrogens (tertiary/aromatic N) is 2. The molecule has 4 rings (SSSR count). The summed E-state index contributed by atoms with van der Waals surface area (Å²) < 4.78 is 18.4. The molecule has 8 heteroatoms. The van der Waals surface area contributed by atoms with E-state index >= 15 is 0 Å². The van der Waals surface area contributed by atoms with Crippen LogP contribution >= 0.6 is 11.3 Å². The number of carbonyl (C=O) groups excluding carboxylic acids is 1. The van der Waals surface area contributed by atoms with Gasteiger partial charge in [0.2, 0.25) is 0 Å². The minimum absolute atomic E-state index is 0.217. The highest BCUT2D eigenvalue weighted by molar-refractivity contribution is 7.07.